The van der Waals surface area contributed by atoms with Crippen molar-refractivity contribution in [2.45, 2.75) is 19.0 Å². The van der Waals surface area contributed by atoms with Crippen molar-refractivity contribution in [1.82, 2.24) is 14.8 Å². The number of aryl methyl sites for hydroxylation is 1. The standard InChI is InChI=1S/C21H23F3N4O3/c1-27-10-2-3-17(18(27)29)19(30)28-11-8-14(9-12-28)13-25-20(31)26-16-6-4-15(5-7-16)21(22,23)24/h2-7,10,14H,8-9,11-13H2,1H3,(H2,25,26,31). The van der Waals surface area contributed by atoms with Gasteiger partial charge in [0.2, 0.25) is 0 Å². The third-order valence-electron chi connectivity index (χ3n) is 5.28. The molecule has 2 aromatic rings. The Bertz CT molecular complexity index is 994. The van der Waals surface area contributed by atoms with Crippen molar-refractivity contribution in [3.8, 4) is 0 Å². The minimum atomic E-state index is -4.43. The van der Waals surface area contributed by atoms with E-state index < -0.39 is 17.8 Å². The third kappa shape index (κ3) is 5.65. The molecule has 0 aliphatic carbocycles. The summed E-state index contributed by atoms with van der Waals surface area (Å²) < 4.78 is 39.1. The highest BCUT2D eigenvalue weighted by atomic mass is 19.4. The number of urea groups is 1. The van der Waals surface area contributed by atoms with Gasteiger partial charge in [0.15, 0.2) is 0 Å². The molecule has 1 aromatic heterocycles. The molecule has 31 heavy (non-hydrogen) atoms. The van der Waals surface area contributed by atoms with Crippen LogP contribution in [0, 0.1) is 5.92 Å². The van der Waals surface area contributed by atoms with Gasteiger partial charge in [0.25, 0.3) is 11.5 Å². The predicted octanol–water partition coefficient (Wildman–Crippen LogP) is 3.08. The molecule has 1 fully saturated rings. The number of likely N-dealkylation sites (tertiary alicyclic amines) is 1. The van der Waals surface area contributed by atoms with Gasteiger partial charge in [-0.3, -0.25) is 9.59 Å². The summed E-state index contributed by atoms with van der Waals surface area (Å²) in [7, 11) is 1.59. The maximum absolute atomic E-state index is 12.6. The van der Waals surface area contributed by atoms with Crippen LogP contribution >= 0.6 is 0 Å². The number of rotatable bonds is 4. The van der Waals surface area contributed by atoms with Gasteiger partial charge in [0, 0.05) is 38.6 Å². The molecule has 0 spiro atoms. The number of carbonyl (C=O) groups excluding carboxylic acids is 2. The summed E-state index contributed by atoms with van der Waals surface area (Å²) in [6, 6.07) is 6.86. The van der Waals surface area contributed by atoms with Crippen LogP contribution in [0.5, 0.6) is 0 Å². The van der Waals surface area contributed by atoms with Crippen molar-refractivity contribution >= 4 is 17.6 Å². The Balaban J connectivity index is 1.45. The van der Waals surface area contributed by atoms with E-state index in [1.54, 1.807) is 24.2 Å². The van der Waals surface area contributed by atoms with Gasteiger partial charge in [-0.25, -0.2) is 4.79 Å². The highest BCUT2D eigenvalue weighted by Crippen LogP contribution is 2.29. The number of piperidine rings is 1. The average molecular weight is 436 g/mol. The first-order valence-electron chi connectivity index (χ1n) is 9.82. The molecule has 1 aliphatic heterocycles. The number of hydrogen-bond acceptors (Lipinski definition) is 3. The van der Waals surface area contributed by atoms with E-state index in [0.29, 0.717) is 32.5 Å². The number of amides is 3. The zero-order chi connectivity index (χ0) is 22.6. The normalized spacial score (nSPS) is 14.9. The van der Waals surface area contributed by atoms with Gasteiger partial charge >= 0.3 is 12.2 Å². The van der Waals surface area contributed by atoms with Crippen molar-refractivity contribution in [3.05, 3.63) is 64.1 Å². The fourth-order valence-corrected chi connectivity index (χ4v) is 3.43. The maximum Gasteiger partial charge on any atom is 0.416 e. The molecule has 1 aromatic carbocycles. The number of anilines is 1. The lowest BCUT2D eigenvalue weighted by atomic mass is 9.96. The summed E-state index contributed by atoms with van der Waals surface area (Å²) in [4.78, 5) is 38.4. The third-order valence-corrected chi connectivity index (χ3v) is 5.28. The molecule has 3 rings (SSSR count). The maximum atomic E-state index is 12.6. The number of aromatic nitrogens is 1. The zero-order valence-corrected chi connectivity index (χ0v) is 16.9. The summed E-state index contributed by atoms with van der Waals surface area (Å²) in [6.45, 7) is 1.33. The van der Waals surface area contributed by atoms with E-state index in [9.17, 15) is 27.6 Å². The Hall–Kier alpha value is -3.30. The van der Waals surface area contributed by atoms with Gasteiger partial charge in [-0.05, 0) is 55.2 Å². The van der Waals surface area contributed by atoms with Crippen LogP contribution in [0.15, 0.2) is 47.4 Å². The molecule has 1 saturated heterocycles. The quantitative estimate of drug-likeness (QED) is 0.773. The molecule has 7 nitrogen and oxygen atoms in total. The number of alkyl halides is 3. The molecule has 2 heterocycles. The molecule has 0 bridgehead atoms. The Labute approximate surface area is 176 Å². The minimum Gasteiger partial charge on any atom is -0.338 e. The number of halogens is 3. The van der Waals surface area contributed by atoms with E-state index in [2.05, 4.69) is 10.6 Å². The smallest absolute Gasteiger partial charge is 0.338 e. The highest BCUT2D eigenvalue weighted by Gasteiger charge is 2.30. The van der Waals surface area contributed by atoms with Crippen LogP contribution < -0.4 is 16.2 Å². The van der Waals surface area contributed by atoms with Gasteiger partial charge in [-0.2, -0.15) is 13.2 Å². The van der Waals surface area contributed by atoms with Crippen LogP contribution in [0.2, 0.25) is 0 Å². The van der Waals surface area contributed by atoms with Crippen LogP contribution in [-0.4, -0.2) is 41.0 Å². The molecule has 1 aliphatic rings. The molecule has 10 heteroatoms. The van der Waals surface area contributed by atoms with E-state index in [1.807, 2.05) is 0 Å². The minimum absolute atomic E-state index is 0.137. The number of carbonyl (C=O) groups is 2. The van der Waals surface area contributed by atoms with Crippen molar-refractivity contribution in [1.29, 1.82) is 0 Å². The second kappa shape index (κ2) is 9.23. The topological polar surface area (TPSA) is 83.4 Å². The Morgan fingerprint density at radius 2 is 1.74 bits per heavy atom. The molecular weight excluding hydrogens is 413 g/mol. The Kier molecular flexibility index (Phi) is 6.67. The first-order chi connectivity index (χ1) is 14.6. The van der Waals surface area contributed by atoms with Crippen LogP contribution in [0.4, 0.5) is 23.7 Å². The van der Waals surface area contributed by atoms with Gasteiger partial charge in [0.1, 0.15) is 5.56 Å². The molecule has 0 atom stereocenters. The lowest BCUT2D eigenvalue weighted by molar-refractivity contribution is -0.137. The summed E-state index contributed by atoms with van der Waals surface area (Å²) in [5, 5.41) is 5.21. The number of pyridine rings is 1. The average Bonchev–Trinajstić information content (AvgIpc) is 2.74. The first kappa shape index (κ1) is 22.4. The predicted molar refractivity (Wildman–Crippen MR) is 109 cm³/mol. The van der Waals surface area contributed by atoms with Crippen LogP contribution in [0.3, 0.4) is 0 Å². The first-order valence-corrected chi connectivity index (χ1v) is 9.82. The summed E-state index contributed by atoms with van der Waals surface area (Å²) in [5.41, 5.74) is -0.725. The van der Waals surface area contributed by atoms with Crippen molar-refractivity contribution in [3.63, 3.8) is 0 Å². The molecule has 2 N–H and O–H groups in total. The Morgan fingerprint density at radius 3 is 2.35 bits per heavy atom. The van der Waals surface area contributed by atoms with E-state index in [4.69, 9.17) is 0 Å². The van der Waals surface area contributed by atoms with Gasteiger partial charge in [-0.15, -0.1) is 0 Å². The second-order valence-corrected chi connectivity index (χ2v) is 7.48. The molecular formula is C21H23F3N4O3. The summed E-state index contributed by atoms with van der Waals surface area (Å²) in [6.07, 6.45) is -1.50. The van der Waals surface area contributed by atoms with Gasteiger partial charge < -0.3 is 20.1 Å². The SMILES string of the molecule is Cn1cccc(C(=O)N2CCC(CNC(=O)Nc3ccc(C(F)(F)F)cc3)CC2)c1=O. The molecule has 0 saturated carbocycles. The Morgan fingerprint density at radius 1 is 1.10 bits per heavy atom. The fourth-order valence-electron chi connectivity index (χ4n) is 3.43. The number of benzene rings is 1. The highest BCUT2D eigenvalue weighted by molar-refractivity contribution is 5.94. The van der Waals surface area contributed by atoms with Gasteiger partial charge in [-0.1, -0.05) is 0 Å². The van der Waals surface area contributed by atoms with Crippen molar-refractivity contribution in [2.24, 2.45) is 13.0 Å². The number of hydrogen-bond donors (Lipinski definition) is 2. The summed E-state index contributed by atoms with van der Waals surface area (Å²) in [5.74, 6) is -0.145. The van der Waals surface area contributed by atoms with Gasteiger partial charge in [0.05, 0.1) is 5.56 Å². The summed E-state index contributed by atoms with van der Waals surface area (Å²) >= 11 is 0. The largest absolute Gasteiger partial charge is 0.416 e. The molecule has 0 radical (unpaired) electrons. The van der Waals surface area contributed by atoms with E-state index in [0.717, 1.165) is 12.1 Å². The van der Waals surface area contributed by atoms with E-state index in [1.165, 1.54) is 22.8 Å². The van der Waals surface area contributed by atoms with Crippen LogP contribution in [0.25, 0.3) is 0 Å². The molecule has 0 unspecified atom stereocenters. The monoisotopic (exact) mass is 436 g/mol. The molecule has 166 valence electrons. The lowest BCUT2D eigenvalue weighted by Gasteiger charge is -2.32. The molecule has 3 amide bonds. The van der Waals surface area contributed by atoms with Crippen molar-refractivity contribution in [2.75, 3.05) is 25.0 Å². The number of nitrogens with zero attached hydrogens (tertiary/aromatic N) is 2. The number of nitrogens with one attached hydrogen (secondary N) is 2. The second-order valence-electron chi connectivity index (χ2n) is 7.48. The zero-order valence-electron chi connectivity index (χ0n) is 16.9. The van der Waals surface area contributed by atoms with E-state index in [-0.39, 0.29) is 28.6 Å². The fraction of sp³-hybridized carbons (Fsp3) is 0.381. The van der Waals surface area contributed by atoms with Crippen LogP contribution in [0.1, 0.15) is 28.8 Å². The van der Waals surface area contributed by atoms with Crippen molar-refractivity contribution < 1.29 is 22.8 Å². The van der Waals surface area contributed by atoms with E-state index >= 15 is 0 Å². The van der Waals surface area contributed by atoms with Crippen LogP contribution in [-0.2, 0) is 13.2 Å². The lowest BCUT2D eigenvalue weighted by Crippen LogP contribution is -2.43.